The monoisotopic (exact) mass is 484 g/mol. The van der Waals surface area contributed by atoms with Gasteiger partial charge in [0.1, 0.15) is 24.3 Å². The molecule has 5 atom stereocenters. The number of anilines is 1. The first-order valence-electron chi connectivity index (χ1n) is 10.5. The molecule has 12 heteroatoms. The average Bonchev–Trinajstić information content (AvgIpc) is 3.31. The number of carbonyl (C=O) groups is 4. The summed E-state index contributed by atoms with van der Waals surface area (Å²) in [5.74, 6) is -2.35. The number of nitrogens with zero attached hydrogens (tertiary/aromatic N) is 1. The highest BCUT2D eigenvalue weighted by Gasteiger charge is 2.44. The predicted octanol–water partition coefficient (Wildman–Crippen LogP) is 0.774. The summed E-state index contributed by atoms with van der Waals surface area (Å²) in [6.45, 7) is 3.12. The molecule has 2 heterocycles. The van der Waals surface area contributed by atoms with Crippen LogP contribution in [0.2, 0.25) is 5.02 Å². The third-order valence-electron chi connectivity index (χ3n) is 5.44. The predicted molar refractivity (Wildman–Crippen MR) is 116 cm³/mol. The van der Waals surface area contributed by atoms with Crippen LogP contribution < -0.4 is 16.4 Å². The van der Waals surface area contributed by atoms with E-state index in [0.29, 0.717) is 5.69 Å². The van der Waals surface area contributed by atoms with Crippen molar-refractivity contribution in [2.45, 2.75) is 57.3 Å². The Hall–Kier alpha value is -2.92. The van der Waals surface area contributed by atoms with Gasteiger partial charge in [-0.15, -0.1) is 0 Å². The van der Waals surface area contributed by atoms with E-state index in [-0.39, 0.29) is 36.6 Å². The maximum absolute atomic E-state index is 14.2. The van der Waals surface area contributed by atoms with Gasteiger partial charge in [-0.2, -0.15) is 0 Å². The number of carbonyl (C=O) groups excluding carboxylic acids is 4. The van der Waals surface area contributed by atoms with Crippen molar-refractivity contribution in [2.75, 3.05) is 18.9 Å². The Morgan fingerprint density at radius 3 is 2.79 bits per heavy atom. The van der Waals surface area contributed by atoms with E-state index in [2.05, 4.69) is 10.6 Å². The molecule has 3 amide bonds. The number of alkyl halides is 1. The molecule has 33 heavy (non-hydrogen) atoms. The van der Waals surface area contributed by atoms with Gasteiger partial charge in [-0.3, -0.25) is 19.2 Å². The number of nitrogens with two attached hydrogens (primary N) is 1. The van der Waals surface area contributed by atoms with Gasteiger partial charge in [-0.05, 0) is 32.0 Å². The summed E-state index contributed by atoms with van der Waals surface area (Å²) in [4.78, 5) is 51.0. The molecule has 0 aromatic heterocycles. The van der Waals surface area contributed by atoms with Gasteiger partial charge in [0, 0.05) is 18.6 Å². The minimum Gasteiger partial charge on any atom is -0.433 e. The summed E-state index contributed by atoms with van der Waals surface area (Å²) in [5, 5.41) is 5.35. The zero-order valence-corrected chi connectivity index (χ0v) is 18.9. The van der Waals surface area contributed by atoms with E-state index in [0.717, 1.165) is 4.90 Å². The van der Waals surface area contributed by atoms with Crippen LogP contribution in [0.1, 0.15) is 37.0 Å². The first kappa shape index (κ1) is 24.7. The number of hydrogen-bond donors (Lipinski definition) is 3. The highest BCUT2D eigenvalue weighted by atomic mass is 35.5. The van der Waals surface area contributed by atoms with Crippen LogP contribution in [0.4, 0.5) is 10.1 Å². The Labute approximate surface area is 194 Å². The van der Waals surface area contributed by atoms with Gasteiger partial charge in [0.25, 0.3) is 5.91 Å². The highest BCUT2D eigenvalue weighted by Crippen LogP contribution is 2.24. The van der Waals surface area contributed by atoms with Gasteiger partial charge in [-0.1, -0.05) is 11.6 Å². The molecule has 180 valence electrons. The average molecular weight is 485 g/mol. The number of cyclic esters (lactones) is 1. The first-order valence-corrected chi connectivity index (χ1v) is 10.9. The lowest BCUT2D eigenvalue weighted by atomic mass is 10.1. The zero-order chi connectivity index (χ0) is 24.3. The van der Waals surface area contributed by atoms with E-state index >= 15 is 0 Å². The number of amides is 3. The summed E-state index contributed by atoms with van der Waals surface area (Å²) >= 11 is 5.93. The molecule has 0 spiro atoms. The van der Waals surface area contributed by atoms with E-state index in [1.807, 2.05) is 0 Å². The summed E-state index contributed by atoms with van der Waals surface area (Å²) in [5.41, 5.74) is 6.14. The highest BCUT2D eigenvalue weighted by molar-refractivity contribution is 6.33. The van der Waals surface area contributed by atoms with Crippen LogP contribution in [-0.2, 0) is 23.9 Å². The van der Waals surface area contributed by atoms with Crippen molar-refractivity contribution in [3.05, 3.63) is 28.8 Å². The third kappa shape index (κ3) is 5.72. The van der Waals surface area contributed by atoms with Crippen LogP contribution in [0.3, 0.4) is 0 Å². The molecular formula is C21H26ClFN4O6. The smallest absolute Gasteiger partial charge is 0.310 e. The number of halogens is 2. The molecule has 2 aliphatic rings. The second kappa shape index (κ2) is 10.3. The van der Waals surface area contributed by atoms with Gasteiger partial charge in [0.15, 0.2) is 0 Å². The van der Waals surface area contributed by atoms with E-state index in [4.69, 9.17) is 26.8 Å². The van der Waals surface area contributed by atoms with Crippen molar-refractivity contribution in [3.63, 3.8) is 0 Å². The number of benzene rings is 1. The molecule has 2 aliphatic heterocycles. The van der Waals surface area contributed by atoms with Gasteiger partial charge in [0.2, 0.25) is 18.1 Å². The van der Waals surface area contributed by atoms with Gasteiger partial charge < -0.3 is 30.7 Å². The minimum atomic E-state index is -1.41. The summed E-state index contributed by atoms with van der Waals surface area (Å²) in [6.07, 6.45) is -2.64. The van der Waals surface area contributed by atoms with Crippen molar-refractivity contribution in [3.8, 4) is 0 Å². The Balaban J connectivity index is 1.65. The minimum absolute atomic E-state index is 0.0905. The first-order chi connectivity index (χ1) is 15.6. The molecular weight excluding hydrogens is 459 g/mol. The molecule has 4 N–H and O–H groups in total. The normalized spacial score (nSPS) is 25.5. The maximum Gasteiger partial charge on any atom is 0.310 e. The Morgan fingerprint density at radius 2 is 2.12 bits per heavy atom. The van der Waals surface area contributed by atoms with Crippen molar-refractivity contribution < 1.29 is 33.0 Å². The van der Waals surface area contributed by atoms with Crippen molar-refractivity contribution in [1.82, 2.24) is 15.5 Å². The molecule has 1 aromatic carbocycles. The fourth-order valence-electron chi connectivity index (χ4n) is 3.78. The standard InChI is InChI=1S/C21H26ClFN4O6/c1-3-32-21-15(8-17(28)33-21)26-19(30)16-7-12(23)9-27(16)20(31)10(2)25-18(29)11-4-5-14(24)13(22)6-11/h4-6,10,12,15-16,21H,3,7-9,24H2,1-2H3,(H,25,29)(H,26,30)/t10-,12?,15-,16-,21?/m0/s1. The largest absolute Gasteiger partial charge is 0.433 e. The van der Waals surface area contributed by atoms with Crippen LogP contribution in [0.15, 0.2) is 18.2 Å². The maximum atomic E-state index is 14.2. The van der Waals surface area contributed by atoms with E-state index in [9.17, 15) is 23.6 Å². The fourth-order valence-corrected chi connectivity index (χ4v) is 3.96. The van der Waals surface area contributed by atoms with E-state index in [1.54, 1.807) is 6.92 Å². The van der Waals surface area contributed by atoms with Gasteiger partial charge >= 0.3 is 5.97 Å². The van der Waals surface area contributed by atoms with E-state index in [1.165, 1.54) is 25.1 Å². The fraction of sp³-hybridized carbons (Fsp3) is 0.524. The number of rotatable bonds is 7. The second-order valence-electron chi connectivity index (χ2n) is 7.90. The lowest BCUT2D eigenvalue weighted by molar-refractivity contribution is -0.164. The third-order valence-corrected chi connectivity index (χ3v) is 5.77. The lowest BCUT2D eigenvalue weighted by Crippen LogP contribution is -2.54. The zero-order valence-electron chi connectivity index (χ0n) is 18.2. The number of ether oxygens (including phenoxy) is 2. The quantitative estimate of drug-likeness (QED) is 0.383. The SMILES string of the molecule is CCOC1OC(=O)C[C@@H]1NC(=O)[C@@H]1CC(F)CN1C(=O)[C@H](C)NC(=O)c1ccc(N)c(Cl)c1. The van der Waals surface area contributed by atoms with E-state index < -0.39 is 54.3 Å². The molecule has 0 radical (unpaired) electrons. The number of nitrogen functional groups attached to an aromatic ring is 1. The Bertz CT molecular complexity index is 947. The van der Waals surface area contributed by atoms with Crippen molar-refractivity contribution >= 4 is 41.0 Å². The van der Waals surface area contributed by atoms with Gasteiger partial charge in [-0.25, -0.2) is 4.39 Å². The molecule has 3 rings (SSSR count). The molecule has 2 fully saturated rings. The Kier molecular flexibility index (Phi) is 7.75. The summed E-state index contributed by atoms with van der Waals surface area (Å²) in [7, 11) is 0. The number of hydrogen-bond acceptors (Lipinski definition) is 7. The number of likely N-dealkylation sites (tertiary alicyclic amines) is 1. The van der Waals surface area contributed by atoms with Crippen molar-refractivity contribution in [1.29, 1.82) is 0 Å². The second-order valence-corrected chi connectivity index (χ2v) is 8.31. The molecule has 2 unspecified atom stereocenters. The summed E-state index contributed by atoms with van der Waals surface area (Å²) < 4.78 is 24.5. The molecule has 0 aliphatic carbocycles. The van der Waals surface area contributed by atoms with Gasteiger partial charge in [0.05, 0.1) is 23.7 Å². The topological polar surface area (TPSA) is 140 Å². The molecule has 0 bridgehead atoms. The van der Waals surface area contributed by atoms with Crippen LogP contribution in [0, 0.1) is 0 Å². The van der Waals surface area contributed by atoms with Crippen LogP contribution in [0.25, 0.3) is 0 Å². The number of nitrogens with one attached hydrogen (secondary N) is 2. The summed E-state index contributed by atoms with van der Waals surface area (Å²) in [6, 6.07) is 1.40. The Morgan fingerprint density at radius 1 is 1.39 bits per heavy atom. The molecule has 0 saturated carbocycles. The van der Waals surface area contributed by atoms with Crippen molar-refractivity contribution in [2.24, 2.45) is 0 Å². The molecule has 10 nitrogen and oxygen atoms in total. The van der Waals surface area contributed by atoms with Crippen LogP contribution >= 0.6 is 11.6 Å². The van der Waals surface area contributed by atoms with Crippen LogP contribution in [0.5, 0.6) is 0 Å². The van der Waals surface area contributed by atoms with Crippen LogP contribution in [-0.4, -0.2) is 72.3 Å². The molecule has 2 saturated heterocycles. The lowest BCUT2D eigenvalue weighted by Gasteiger charge is -2.28. The molecule has 1 aromatic rings. The number of esters is 1.